The molecule has 9 nitrogen and oxygen atoms in total. The predicted molar refractivity (Wildman–Crippen MR) is 123 cm³/mol. The largest absolute Gasteiger partial charge is 0.493 e. The Morgan fingerprint density at radius 2 is 1.88 bits per heavy atom. The number of carbonyl (C=O) groups excluding carboxylic acids is 3. The molecule has 4 rings (SSSR count). The first kappa shape index (κ1) is 22.2. The minimum atomic E-state index is -0.891. The first-order chi connectivity index (χ1) is 15.9. The second-order valence-electron chi connectivity index (χ2n) is 7.85. The minimum absolute atomic E-state index is 0.138. The maximum absolute atomic E-state index is 12.8. The maximum Gasteiger partial charge on any atom is 0.324 e. The molecule has 0 spiro atoms. The third kappa shape index (κ3) is 4.48. The van der Waals surface area contributed by atoms with Gasteiger partial charge in [-0.05, 0) is 42.3 Å². The molecule has 9 heteroatoms. The highest BCUT2D eigenvalue weighted by atomic mass is 16.5. The summed E-state index contributed by atoms with van der Waals surface area (Å²) < 4.78 is 12.5. The van der Waals surface area contributed by atoms with E-state index in [0.29, 0.717) is 23.6 Å². The van der Waals surface area contributed by atoms with Crippen LogP contribution in [-0.4, -0.2) is 54.1 Å². The number of ether oxygens (including phenoxy) is 2. The average molecular weight is 450 g/mol. The van der Waals surface area contributed by atoms with E-state index < -0.39 is 18.0 Å². The van der Waals surface area contributed by atoms with Crippen LogP contribution in [0, 0.1) is 0 Å². The van der Waals surface area contributed by atoms with Gasteiger partial charge < -0.3 is 24.7 Å². The van der Waals surface area contributed by atoms with Crippen LogP contribution in [0.4, 0.5) is 10.5 Å². The molecule has 1 saturated heterocycles. The lowest BCUT2D eigenvalue weighted by atomic mass is 10.1. The van der Waals surface area contributed by atoms with E-state index in [1.807, 2.05) is 54.2 Å². The molecule has 1 fully saturated rings. The summed E-state index contributed by atoms with van der Waals surface area (Å²) in [5, 5.41) is 6.38. The van der Waals surface area contributed by atoms with Gasteiger partial charge >= 0.3 is 6.03 Å². The third-order valence-electron chi connectivity index (χ3n) is 5.77. The van der Waals surface area contributed by atoms with E-state index in [-0.39, 0.29) is 18.9 Å². The Labute approximate surface area is 191 Å². The Balaban J connectivity index is 1.37. The van der Waals surface area contributed by atoms with Gasteiger partial charge in [0.05, 0.1) is 26.3 Å². The number of aryl methyl sites for hydroxylation is 1. The second-order valence-corrected chi connectivity index (χ2v) is 7.85. The van der Waals surface area contributed by atoms with E-state index in [9.17, 15) is 14.4 Å². The summed E-state index contributed by atoms with van der Waals surface area (Å²) in [5.41, 5.74) is 2.55. The van der Waals surface area contributed by atoms with Crippen molar-refractivity contribution in [1.82, 2.24) is 14.8 Å². The lowest BCUT2D eigenvalue weighted by Gasteiger charge is -2.14. The topological polar surface area (TPSA) is 102 Å². The number of anilines is 1. The standard InChI is InChI=1S/C24H26N4O5/c1-27-11-10-16-17(5-4-6-19(16)27)25-22(29)14-18-23(30)28(24(31)26-18)12-9-15-7-8-20(32-2)21(13-15)33-3/h4-8,10-11,13,18H,9,12,14H2,1-3H3,(H,25,29)(H,26,31)/t18-/m1/s1. The van der Waals surface area contributed by atoms with Gasteiger partial charge in [-0.15, -0.1) is 0 Å². The van der Waals surface area contributed by atoms with Crippen LogP contribution < -0.4 is 20.1 Å². The van der Waals surface area contributed by atoms with Crippen LogP contribution in [0.2, 0.25) is 0 Å². The molecule has 3 aromatic rings. The SMILES string of the molecule is COc1ccc(CCN2C(=O)N[C@H](CC(=O)Nc3cccc4c3ccn4C)C2=O)cc1OC. The minimum Gasteiger partial charge on any atom is -0.493 e. The zero-order valence-corrected chi connectivity index (χ0v) is 18.8. The van der Waals surface area contributed by atoms with Crippen LogP contribution in [0.5, 0.6) is 11.5 Å². The lowest BCUT2D eigenvalue weighted by molar-refractivity contribution is -0.129. The average Bonchev–Trinajstić information content (AvgIpc) is 3.31. The van der Waals surface area contributed by atoms with E-state index in [0.717, 1.165) is 21.4 Å². The molecule has 0 bridgehead atoms. The highest BCUT2D eigenvalue weighted by Crippen LogP contribution is 2.28. The Kier molecular flexibility index (Phi) is 6.21. The van der Waals surface area contributed by atoms with Crippen molar-refractivity contribution in [3.63, 3.8) is 0 Å². The van der Waals surface area contributed by atoms with Gasteiger partial charge in [0, 0.05) is 30.7 Å². The number of urea groups is 1. The second kappa shape index (κ2) is 9.23. The van der Waals surface area contributed by atoms with Crippen LogP contribution in [0.25, 0.3) is 10.9 Å². The van der Waals surface area contributed by atoms with Crippen LogP contribution in [0.1, 0.15) is 12.0 Å². The fraction of sp³-hybridized carbons (Fsp3) is 0.292. The van der Waals surface area contributed by atoms with Gasteiger partial charge in [-0.25, -0.2) is 4.79 Å². The van der Waals surface area contributed by atoms with Crippen molar-refractivity contribution >= 4 is 34.4 Å². The highest BCUT2D eigenvalue weighted by molar-refractivity contribution is 6.08. The molecular weight excluding hydrogens is 424 g/mol. The van der Waals surface area contributed by atoms with Gasteiger partial charge in [0.1, 0.15) is 6.04 Å². The van der Waals surface area contributed by atoms with Gasteiger partial charge in [-0.1, -0.05) is 12.1 Å². The number of methoxy groups -OCH3 is 2. The smallest absolute Gasteiger partial charge is 0.324 e. The van der Waals surface area contributed by atoms with Crippen LogP contribution in [-0.2, 0) is 23.1 Å². The summed E-state index contributed by atoms with van der Waals surface area (Å²) >= 11 is 0. The predicted octanol–water partition coefficient (Wildman–Crippen LogP) is 2.69. The Morgan fingerprint density at radius 3 is 2.64 bits per heavy atom. The Bertz CT molecular complexity index is 1220. The molecule has 1 aliphatic rings. The van der Waals surface area contributed by atoms with E-state index in [1.165, 1.54) is 0 Å². The quantitative estimate of drug-likeness (QED) is 0.514. The number of nitrogens with one attached hydrogen (secondary N) is 2. The van der Waals surface area contributed by atoms with Gasteiger partial charge in [0.25, 0.3) is 5.91 Å². The zero-order chi connectivity index (χ0) is 23.5. The monoisotopic (exact) mass is 450 g/mol. The number of fused-ring (bicyclic) bond motifs is 1. The molecule has 0 radical (unpaired) electrons. The maximum atomic E-state index is 12.8. The number of amides is 4. The van der Waals surface area contributed by atoms with Crippen molar-refractivity contribution < 1.29 is 23.9 Å². The number of imide groups is 1. The van der Waals surface area contributed by atoms with Crippen molar-refractivity contribution in [2.45, 2.75) is 18.9 Å². The number of carbonyl (C=O) groups is 3. The van der Waals surface area contributed by atoms with Crippen LogP contribution >= 0.6 is 0 Å². The molecule has 2 aromatic carbocycles. The number of benzene rings is 2. The molecular formula is C24H26N4O5. The van der Waals surface area contributed by atoms with E-state index in [2.05, 4.69) is 10.6 Å². The molecule has 2 N–H and O–H groups in total. The summed E-state index contributed by atoms with van der Waals surface area (Å²) in [6.45, 7) is 0.196. The summed E-state index contributed by atoms with van der Waals surface area (Å²) in [6, 6.07) is 11.6. The molecule has 1 aliphatic heterocycles. The van der Waals surface area contributed by atoms with E-state index in [1.54, 1.807) is 20.3 Å². The molecule has 2 heterocycles. The number of rotatable bonds is 8. The Hall–Kier alpha value is -4.01. The third-order valence-corrected chi connectivity index (χ3v) is 5.77. The first-order valence-electron chi connectivity index (χ1n) is 10.6. The molecule has 0 aliphatic carbocycles. The van der Waals surface area contributed by atoms with Gasteiger partial charge in [0.15, 0.2) is 11.5 Å². The Morgan fingerprint density at radius 1 is 1.09 bits per heavy atom. The molecule has 172 valence electrons. The lowest BCUT2D eigenvalue weighted by Crippen LogP contribution is -2.35. The molecule has 33 heavy (non-hydrogen) atoms. The van der Waals surface area contributed by atoms with Crippen molar-refractivity contribution in [1.29, 1.82) is 0 Å². The van der Waals surface area contributed by atoms with Crippen molar-refractivity contribution in [3.8, 4) is 11.5 Å². The molecule has 1 atom stereocenters. The molecule has 0 unspecified atom stereocenters. The van der Waals surface area contributed by atoms with Crippen LogP contribution in [0.3, 0.4) is 0 Å². The van der Waals surface area contributed by atoms with Crippen molar-refractivity contribution in [2.75, 3.05) is 26.1 Å². The van der Waals surface area contributed by atoms with Crippen molar-refractivity contribution in [3.05, 3.63) is 54.2 Å². The molecule has 4 amide bonds. The van der Waals surface area contributed by atoms with Gasteiger partial charge in [0.2, 0.25) is 5.91 Å². The number of hydrogen-bond acceptors (Lipinski definition) is 5. The number of nitrogens with zero attached hydrogens (tertiary/aromatic N) is 2. The normalized spacial score (nSPS) is 15.6. The van der Waals surface area contributed by atoms with Crippen molar-refractivity contribution in [2.24, 2.45) is 7.05 Å². The fourth-order valence-corrected chi connectivity index (χ4v) is 4.00. The van der Waals surface area contributed by atoms with Gasteiger partial charge in [-0.3, -0.25) is 14.5 Å². The number of aromatic nitrogens is 1. The summed E-state index contributed by atoms with van der Waals surface area (Å²) in [7, 11) is 5.03. The summed E-state index contributed by atoms with van der Waals surface area (Å²) in [6.07, 6.45) is 2.23. The van der Waals surface area contributed by atoms with Gasteiger partial charge in [-0.2, -0.15) is 0 Å². The first-order valence-corrected chi connectivity index (χ1v) is 10.6. The highest BCUT2D eigenvalue weighted by Gasteiger charge is 2.38. The van der Waals surface area contributed by atoms with E-state index >= 15 is 0 Å². The van der Waals surface area contributed by atoms with Crippen LogP contribution in [0.15, 0.2) is 48.7 Å². The number of hydrogen-bond donors (Lipinski definition) is 2. The van der Waals surface area contributed by atoms with E-state index in [4.69, 9.17) is 9.47 Å². The molecule has 0 saturated carbocycles. The fourth-order valence-electron chi connectivity index (χ4n) is 4.00. The summed E-state index contributed by atoms with van der Waals surface area (Å²) in [4.78, 5) is 38.9. The summed E-state index contributed by atoms with van der Waals surface area (Å²) in [5.74, 6) is 0.434. The molecule has 1 aromatic heterocycles. The zero-order valence-electron chi connectivity index (χ0n) is 18.8.